The summed E-state index contributed by atoms with van der Waals surface area (Å²) in [5.41, 5.74) is 0.823. The minimum Gasteiger partial charge on any atom is -0.489 e. The number of aromatic amines is 1. The van der Waals surface area contributed by atoms with Gasteiger partial charge in [-0.2, -0.15) is 0 Å². The Bertz CT molecular complexity index is 963. The quantitative estimate of drug-likeness (QED) is 0.762. The first-order valence-corrected chi connectivity index (χ1v) is 9.13. The summed E-state index contributed by atoms with van der Waals surface area (Å²) in [6.07, 6.45) is -0.303. The minimum absolute atomic E-state index is 0.0220. The number of hydrogen-bond acceptors (Lipinski definition) is 6. The molecule has 0 spiro atoms. The monoisotopic (exact) mass is 372 g/mol. The largest absolute Gasteiger partial charge is 0.489 e. The lowest BCUT2D eigenvalue weighted by Gasteiger charge is -2.45. The molecule has 1 aromatic heterocycles. The molecular weight excluding hydrogens is 348 g/mol. The van der Waals surface area contributed by atoms with Crippen LogP contribution in [0.15, 0.2) is 16.9 Å². The van der Waals surface area contributed by atoms with Crippen molar-refractivity contribution in [3.8, 4) is 5.75 Å². The number of aromatic nitrogens is 2. The number of carbonyl (C=O) groups is 1. The maximum atomic E-state index is 12.4. The molecule has 0 aliphatic carbocycles. The average Bonchev–Trinajstić information content (AvgIpc) is 2.58. The fourth-order valence-electron chi connectivity index (χ4n) is 3.61. The summed E-state index contributed by atoms with van der Waals surface area (Å²) >= 11 is 0. The number of hydrogen-bond donors (Lipinski definition) is 1. The van der Waals surface area contributed by atoms with Crippen LogP contribution in [0.4, 0.5) is 10.5 Å². The van der Waals surface area contributed by atoms with Gasteiger partial charge in [0.05, 0.1) is 22.6 Å². The molecule has 1 N–H and O–H groups in total. The Kier molecular flexibility index (Phi) is 4.01. The zero-order valence-corrected chi connectivity index (χ0v) is 16.0. The van der Waals surface area contributed by atoms with Crippen molar-refractivity contribution in [1.29, 1.82) is 0 Å². The van der Waals surface area contributed by atoms with Crippen LogP contribution in [0.2, 0.25) is 0 Å². The van der Waals surface area contributed by atoms with Crippen LogP contribution >= 0.6 is 0 Å². The Morgan fingerprint density at radius 2 is 2.11 bits per heavy atom. The predicted molar refractivity (Wildman–Crippen MR) is 102 cm³/mol. The first-order chi connectivity index (χ1) is 12.7. The van der Waals surface area contributed by atoms with Crippen molar-refractivity contribution in [2.45, 2.75) is 39.3 Å². The number of amides is 1. The lowest BCUT2D eigenvalue weighted by atomic mass is 10.1. The van der Waals surface area contributed by atoms with Crippen molar-refractivity contribution < 1.29 is 14.3 Å². The first-order valence-electron chi connectivity index (χ1n) is 9.13. The standard InChI is InChI=1S/C19H24N4O4/c1-11-20-14-8-16-15(7-13(14)17(24)21-11)23-6-5-22(9-12(23)10-26-16)18(25)27-19(2,3)4/h7-8,12H,5-6,9-10H2,1-4H3,(H,20,21,24). The molecule has 27 heavy (non-hydrogen) atoms. The highest BCUT2D eigenvalue weighted by molar-refractivity contribution is 5.86. The number of nitrogens with one attached hydrogen (secondary N) is 1. The highest BCUT2D eigenvalue weighted by atomic mass is 16.6. The lowest BCUT2D eigenvalue weighted by molar-refractivity contribution is 0.0195. The van der Waals surface area contributed by atoms with Crippen LogP contribution < -0.4 is 15.2 Å². The second-order valence-electron chi connectivity index (χ2n) is 8.07. The second kappa shape index (κ2) is 6.14. The number of H-pyrrole nitrogens is 1. The van der Waals surface area contributed by atoms with Crippen LogP contribution in [-0.4, -0.2) is 58.8 Å². The summed E-state index contributed by atoms with van der Waals surface area (Å²) in [6, 6.07) is 3.68. The van der Waals surface area contributed by atoms with Crippen LogP contribution in [-0.2, 0) is 4.74 Å². The molecule has 3 heterocycles. The Labute approximate surface area is 157 Å². The van der Waals surface area contributed by atoms with Gasteiger partial charge in [0, 0.05) is 25.7 Å². The third-order valence-electron chi connectivity index (χ3n) is 4.78. The number of carbonyl (C=O) groups excluding carboxylic acids is 1. The van der Waals surface area contributed by atoms with Gasteiger partial charge in [-0.3, -0.25) is 4.79 Å². The van der Waals surface area contributed by atoms with Crippen LogP contribution in [0.25, 0.3) is 10.9 Å². The maximum Gasteiger partial charge on any atom is 0.410 e. The van der Waals surface area contributed by atoms with E-state index in [0.29, 0.717) is 43.0 Å². The van der Waals surface area contributed by atoms with Gasteiger partial charge in [0.25, 0.3) is 5.56 Å². The first kappa shape index (κ1) is 17.6. The van der Waals surface area contributed by atoms with Gasteiger partial charge in [0.15, 0.2) is 0 Å². The number of fused-ring (bicyclic) bond motifs is 4. The molecule has 8 heteroatoms. The van der Waals surface area contributed by atoms with Crippen molar-refractivity contribution in [3.05, 3.63) is 28.3 Å². The molecule has 4 rings (SSSR count). The molecule has 2 aliphatic rings. The Hall–Kier alpha value is -2.77. The number of nitrogens with zero attached hydrogens (tertiary/aromatic N) is 3. The minimum atomic E-state index is -0.519. The fraction of sp³-hybridized carbons (Fsp3) is 0.526. The van der Waals surface area contributed by atoms with Gasteiger partial charge in [-0.05, 0) is 33.8 Å². The van der Waals surface area contributed by atoms with Crippen molar-refractivity contribution in [2.24, 2.45) is 0 Å². The Morgan fingerprint density at radius 1 is 1.33 bits per heavy atom. The van der Waals surface area contributed by atoms with Crippen molar-refractivity contribution >= 4 is 22.7 Å². The lowest BCUT2D eigenvalue weighted by Crippen LogP contribution is -2.59. The van der Waals surface area contributed by atoms with Gasteiger partial charge in [-0.15, -0.1) is 0 Å². The van der Waals surface area contributed by atoms with Gasteiger partial charge in [-0.25, -0.2) is 9.78 Å². The molecule has 0 bridgehead atoms. The van der Waals surface area contributed by atoms with E-state index in [1.165, 1.54) is 0 Å². The van der Waals surface area contributed by atoms with Crippen LogP contribution in [0, 0.1) is 6.92 Å². The van der Waals surface area contributed by atoms with Gasteiger partial charge in [-0.1, -0.05) is 0 Å². The Balaban J connectivity index is 1.61. The zero-order chi connectivity index (χ0) is 19.3. The summed E-state index contributed by atoms with van der Waals surface area (Å²) in [6.45, 7) is 9.55. The number of rotatable bonds is 0. The van der Waals surface area contributed by atoms with E-state index in [9.17, 15) is 9.59 Å². The number of ether oxygens (including phenoxy) is 2. The van der Waals surface area contributed by atoms with Gasteiger partial charge in [0.2, 0.25) is 0 Å². The topological polar surface area (TPSA) is 87.8 Å². The Morgan fingerprint density at radius 3 is 2.85 bits per heavy atom. The molecule has 1 aromatic carbocycles. The van der Waals surface area contributed by atoms with Crippen molar-refractivity contribution in [3.63, 3.8) is 0 Å². The fourth-order valence-corrected chi connectivity index (χ4v) is 3.61. The van der Waals surface area contributed by atoms with Gasteiger partial charge >= 0.3 is 6.09 Å². The summed E-state index contributed by atoms with van der Waals surface area (Å²) in [4.78, 5) is 35.7. The molecule has 1 fully saturated rings. The molecule has 8 nitrogen and oxygen atoms in total. The molecule has 0 saturated carbocycles. The molecular formula is C19H24N4O4. The van der Waals surface area contributed by atoms with Crippen LogP contribution in [0.5, 0.6) is 5.75 Å². The molecule has 1 unspecified atom stereocenters. The van der Waals surface area contributed by atoms with Crippen molar-refractivity contribution in [1.82, 2.24) is 14.9 Å². The van der Waals surface area contributed by atoms with E-state index >= 15 is 0 Å². The molecule has 144 valence electrons. The maximum absolute atomic E-state index is 12.4. The van der Waals surface area contributed by atoms with Crippen molar-refractivity contribution in [2.75, 3.05) is 31.1 Å². The predicted octanol–water partition coefficient (Wildman–Crippen LogP) is 2.05. The smallest absolute Gasteiger partial charge is 0.410 e. The molecule has 1 saturated heterocycles. The number of piperazine rings is 1. The third-order valence-corrected chi connectivity index (χ3v) is 4.78. The number of aryl methyl sites for hydroxylation is 1. The SMILES string of the molecule is Cc1nc2cc3c(cc2c(=O)[nH]1)N1CCN(C(=O)OC(C)(C)C)CC1CO3. The summed E-state index contributed by atoms with van der Waals surface area (Å²) in [7, 11) is 0. The average molecular weight is 372 g/mol. The molecule has 2 aliphatic heterocycles. The highest BCUT2D eigenvalue weighted by Crippen LogP contribution is 2.37. The van der Waals surface area contributed by atoms with E-state index in [-0.39, 0.29) is 17.7 Å². The van der Waals surface area contributed by atoms with Gasteiger partial charge < -0.3 is 24.3 Å². The third kappa shape index (κ3) is 3.31. The highest BCUT2D eigenvalue weighted by Gasteiger charge is 2.36. The zero-order valence-electron chi connectivity index (χ0n) is 16.0. The molecule has 0 radical (unpaired) electrons. The van der Waals surface area contributed by atoms with E-state index in [2.05, 4.69) is 14.9 Å². The van der Waals surface area contributed by atoms with E-state index in [0.717, 1.165) is 11.4 Å². The van der Waals surface area contributed by atoms with E-state index < -0.39 is 5.60 Å². The van der Waals surface area contributed by atoms with E-state index in [1.54, 1.807) is 11.8 Å². The van der Waals surface area contributed by atoms with Crippen LogP contribution in [0.1, 0.15) is 26.6 Å². The summed E-state index contributed by atoms with van der Waals surface area (Å²) in [5, 5.41) is 0.540. The molecule has 2 aromatic rings. The summed E-state index contributed by atoms with van der Waals surface area (Å²) < 4.78 is 11.4. The summed E-state index contributed by atoms with van der Waals surface area (Å²) in [5.74, 6) is 1.30. The van der Waals surface area contributed by atoms with E-state index in [1.807, 2.05) is 32.9 Å². The molecule has 1 atom stereocenters. The number of anilines is 1. The second-order valence-corrected chi connectivity index (χ2v) is 8.07. The normalized spacial score (nSPS) is 19.3. The number of benzene rings is 1. The van der Waals surface area contributed by atoms with E-state index in [4.69, 9.17) is 9.47 Å². The van der Waals surface area contributed by atoms with Crippen LogP contribution in [0.3, 0.4) is 0 Å². The van der Waals surface area contributed by atoms with Gasteiger partial charge in [0.1, 0.15) is 23.8 Å². The molecule has 1 amide bonds.